The summed E-state index contributed by atoms with van der Waals surface area (Å²) < 4.78 is 5.61. The van der Waals surface area contributed by atoms with E-state index in [4.69, 9.17) is 21.6 Å². The molecule has 32 heavy (non-hydrogen) atoms. The third-order valence-electron chi connectivity index (χ3n) is 5.76. The minimum absolute atomic E-state index is 0.0295. The van der Waals surface area contributed by atoms with Crippen molar-refractivity contribution in [2.24, 2.45) is 0 Å². The Morgan fingerprint density at radius 2 is 1.78 bits per heavy atom. The van der Waals surface area contributed by atoms with Crippen molar-refractivity contribution >= 4 is 17.5 Å². The summed E-state index contributed by atoms with van der Waals surface area (Å²) >= 11 is 6.41. The molecule has 0 atom stereocenters. The average Bonchev–Trinajstić information content (AvgIpc) is 2.76. The summed E-state index contributed by atoms with van der Waals surface area (Å²) in [6.07, 6.45) is 2.86. The number of pyridine rings is 1. The van der Waals surface area contributed by atoms with Crippen LogP contribution in [-0.2, 0) is 5.54 Å². The number of hydrogen-bond donors (Lipinski definition) is 1. The molecule has 3 aromatic rings. The molecule has 0 saturated heterocycles. The van der Waals surface area contributed by atoms with Gasteiger partial charge in [0.1, 0.15) is 5.15 Å². The van der Waals surface area contributed by atoms with Gasteiger partial charge in [-0.25, -0.2) is 4.98 Å². The van der Waals surface area contributed by atoms with Crippen LogP contribution in [-0.4, -0.2) is 17.0 Å². The number of carbonyl (C=O) groups excluding carboxylic acids is 1. The lowest BCUT2D eigenvalue weighted by atomic mass is 9.71. The second kappa shape index (κ2) is 9.02. The van der Waals surface area contributed by atoms with E-state index in [1.807, 2.05) is 50.2 Å². The summed E-state index contributed by atoms with van der Waals surface area (Å²) in [5, 5.41) is 12.6. The molecule has 1 aliphatic carbocycles. The molecule has 1 heterocycles. The SMILES string of the molecule is CC(C)Oc1ccc(-c2ccc(C3(NC(=O)c4ccc(C#N)cc4)CCC3)cc2)c(Cl)n1. The van der Waals surface area contributed by atoms with Crippen LogP contribution in [0.2, 0.25) is 5.15 Å². The zero-order valence-corrected chi connectivity index (χ0v) is 18.8. The van der Waals surface area contributed by atoms with Crippen LogP contribution in [0.5, 0.6) is 5.88 Å². The first-order chi connectivity index (χ1) is 15.4. The van der Waals surface area contributed by atoms with Crippen LogP contribution >= 0.6 is 11.6 Å². The van der Waals surface area contributed by atoms with Gasteiger partial charge in [0.15, 0.2) is 0 Å². The van der Waals surface area contributed by atoms with Crippen LogP contribution in [0.4, 0.5) is 0 Å². The molecular weight excluding hydrogens is 422 g/mol. The summed E-state index contributed by atoms with van der Waals surface area (Å²) in [6, 6.07) is 20.6. The fourth-order valence-electron chi connectivity index (χ4n) is 3.91. The van der Waals surface area contributed by atoms with Gasteiger partial charge >= 0.3 is 0 Å². The summed E-state index contributed by atoms with van der Waals surface area (Å²) in [7, 11) is 0. The average molecular weight is 446 g/mol. The minimum atomic E-state index is -0.374. The highest BCUT2D eigenvalue weighted by Gasteiger charge is 2.40. The summed E-state index contributed by atoms with van der Waals surface area (Å²) in [6.45, 7) is 3.89. The van der Waals surface area contributed by atoms with Crippen LogP contribution < -0.4 is 10.1 Å². The number of benzene rings is 2. The van der Waals surface area contributed by atoms with Crippen molar-refractivity contribution in [1.29, 1.82) is 5.26 Å². The number of nitrogens with one attached hydrogen (secondary N) is 1. The van der Waals surface area contributed by atoms with Gasteiger partial charge in [-0.2, -0.15) is 5.26 Å². The summed E-state index contributed by atoms with van der Waals surface area (Å²) in [5.41, 5.74) is 3.56. The van der Waals surface area contributed by atoms with Crippen LogP contribution in [0.1, 0.15) is 54.6 Å². The first-order valence-electron chi connectivity index (χ1n) is 10.7. The van der Waals surface area contributed by atoms with Crippen LogP contribution in [0.15, 0.2) is 60.7 Å². The van der Waals surface area contributed by atoms with Gasteiger partial charge in [-0.05, 0) is 74.6 Å². The van der Waals surface area contributed by atoms with Crippen molar-refractivity contribution < 1.29 is 9.53 Å². The maximum Gasteiger partial charge on any atom is 0.251 e. The Bertz CT molecular complexity index is 1160. The van der Waals surface area contributed by atoms with Gasteiger partial charge in [0, 0.05) is 17.2 Å². The fourth-order valence-corrected chi connectivity index (χ4v) is 4.17. The van der Waals surface area contributed by atoms with E-state index >= 15 is 0 Å². The van der Waals surface area contributed by atoms with Crippen molar-refractivity contribution in [3.8, 4) is 23.1 Å². The minimum Gasteiger partial charge on any atom is -0.475 e. The van der Waals surface area contributed by atoms with E-state index in [2.05, 4.69) is 16.4 Å². The zero-order chi connectivity index (χ0) is 22.7. The van der Waals surface area contributed by atoms with E-state index in [-0.39, 0.29) is 17.6 Å². The third kappa shape index (κ3) is 4.46. The highest BCUT2D eigenvalue weighted by Crippen LogP contribution is 2.42. The van der Waals surface area contributed by atoms with Gasteiger partial charge < -0.3 is 10.1 Å². The number of nitriles is 1. The van der Waals surface area contributed by atoms with Gasteiger partial charge in [-0.15, -0.1) is 0 Å². The summed E-state index contributed by atoms with van der Waals surface area (Å²) in [4.78, 5) is 17.2. The molecule has 6 heteroatoms. The molecule has 1 aliphatic rings. The Kier molecular flexibility index (Phi) is 6.16. The van der Waals surface area contributed by atoms with Gasteiger partial charge in [-0.3, -0.25) is 4.79 Å². The monoisotopic (exact) mass is 445 g/mol. The molecule has 0 unspecified atom stereocenters. The predicted octanol–water partition coefficient (Wildman–Crippen LogP) is 5.87. The van der Waals surface area contributed by atoms with E-state index in [1.165, 1.54) is 0 Å². The second-order valence-corrected chi connectivity index (χ2v) is 8.67. The molecule has 0 aliphatic heterocycles. The maximum atomic E-state index is 12.8. The number of amides is 1. The number of halogens is 1. The smallest absolute Gasteiger partial charge is 0.251 e. The van der Waals surface area contributed by atoms with Crippen molar-refractivity contribution in [3.05, 3.63) is 82.5 Å². The Hall–Kier alpha value is -3.36. The van der Waals surface area contributed by atoms with Crippen molar-refractivity contribution in [2.45, 2.75) is 44.8 Å². The maximum absolute atomic E-state index is 12.8. The molecule has 4 rings (SSSR count). The van der Waals surface area contributed by atoms with Gasteiger partial charge in [-0.1, -0.05) is 35.9 Å². The predicted molar refractivity (Wildman–Crippen MR) is 125 cm³/mol. The van der Waals surface area contributed by atoms with Gasteiger partial charge in [0.05, 0.1) is 23.3 Å². The van der Waals surface area contributed by atoms with Gasteiger partial charge in [0.25, 0.3) is 5.91 Å². The first kappa shape index (κ1) is 21.9. The van der Waals surface area contributed by atoms with E-state index in [9.17, 15) is 4.79 Å². The molecule has 0 bridgehead atoms. The van der Waals surface area contributed by atoms with Crippen molar-refractivity contribution in [3.63, 3.8) is 0 Å². The molecule has 1 saturated carbocycles. The second-order valence-electron chi connectivity index (χ2n) is 8.31. The molecule has 0 spiro atoms. The molecule has 1 aromatic heterocycles. The van der Waals surface area contributed by atoms with Crippen LogP contribution in [0.25, 0.3) is 11.1 Å². The lowest BCUT2D eigenvalue weighted by molar-refractivity contribution is 0.0823. The molecule has 5 nitrogen and oxygen atoms in total. The highest BCUT2D eigenvalue weighted by atomic mass is 35.5. The molecule has 2 aromatic carbocycles. The van der Waals surface area contributed by atoms with E-state index in [1.54, 1.807) is 24.3 Å². The Morgan fingerprint density at radius 1 is 1.09 bits per heavy atom. The zero-order valence-electron chi connectivity index (χ0n) is 18.1. The Labute approximate surface area is 193 Å². The van der Waals surface area contributed by atoms with E-state index in [0.717, 1.165) is 36.0 Å². The topological polar surface area (TPSA) is 75.0 Å². The quantitative estimate of drug-likeness (QED) is 0.481. The molecular formula is C26H24ClN3O2. The number of ether oxygens (including phenoxy) is 1. The standard InChI is InChI=1S/C26H24ClN3O2/c1-17(2)32-23-13-12-22(24(27)29-23)19-8-10-21(11-9-19)26(14-3-15-26)30-25(31)20-6-4-18(16-28)5-7-20/h4-13,17H,3,14-15H2,1-2H3,(H,30,31). The molecule has 1 fully saturated rings. The third-order valence-corrected chi connectivity index (χ3v) is 6.05. The number of rotatable bonds is 6. The number of hydrogen-bond acceptors (Lipinski definition) is 4. The highest BCUT2D eigenvalue weighted by molar-refractivity contribution is 6.32. The lowest BCUT2D eigenvalue weighted by Gasteiger charge is -2.43. The molecule has 1 N–H and O–H groups in total. The van der Waals surface area contributed by atoms with Crippen LogP contribution in [0, 0.1) is 11.3 Å². The normalized spacial score (nSPS) is 14.3. The van der Waals surface area contributed by atoms with Crippen molar-refractivity contribution in [1.82, 2.24) is 10.3 Å². The lowest BCUT2D eigenvalue weighted by Crippen LogP contribution is -2.50. The molecule has 1 amide bonds. The van der Waals surface area contributed by atoms with Crippen LogP contribution in [0.3, 0.4) is 0 Å². The summed E-state index contributed by atoms with van der Waals surface area (Å²) in [5.74, 6) is 0.371. The fraction of sp³-hybridized carbons (Fsp3) is 0.269. The number of aromatic nitrogens is 1. The van der Waals surface area contributed by atoms with Gasteiger partial charge in [0.2, 0.25) is 5.88 Å². The number of nitrogens with zero attached hydrogens (tertiary/aromatic N) is 2. The van der Waals surface area contributed by atoms with E-state index < -0.39 is 0 Å². The Morgan fingerprint density at radius 3 is 2.31 bits per heavy atom. The number of carbonyl (C=O) groups is 1. The van der Waals surface area contributed by atoms with Crippen molar-refractivity contribution in [2.75, 3.05) is 0 Å². The van der Waals surface area contributed by atoms with E-state index in [0.29, 0.717) is 22.2 Å². The first-order valence-corrected chi connectivity index (χ1v) is 11.0. The molecule has 162 valence electrons. The Balaban J connectivity index is 1.53. The molecule has 0 radical (unpaired) electrons. The largest absolute Gasteiger partial charge is 0.475 e.